The lowest BCUT2D eigenvalue weighted by atomic mass is 10.1. The minimum Gasteiger partial charge on any atom is -0.341 e. The monoisotopic (exact) mass is 272 g/mol. The number of hydrogen-bond donors (Lipinski definition) is 1. The van der Waals surface area contributed by atoms with Crippen molar-refractivity contribution in [3.8, 4) is 0 Å². The number of pyridine rings is 1. The van der Waals surface area contributed by atoms with Gasteiger partial charge in [0, 0.05) is 37.0 Å². The Bertz CT molecular complexity index is 673. The van der Waals surface area contributed by atoms with Crippen LogP contribution in [0.1, 0.15) is 25.8 Å². The summed E-state index contributed by atoms with van der Waals surface area (Å²) in [7, 11) is 1.78. The zero-order valence-electron chi connectivity index (χ0n) is 12.1. The molecule has 20 heavy (non-hydrogen) atoms. The number of aromatic nitrogens is 1. The Hall–Kier alpha value is -2.10. The van der Waals surface area contributed by atoms with Crippen molar-refractivity contribution >= 4 is 16.8 Å². The van der Waals surface area contributed by atoms with E-state index in [0.29, 0.717) is 18.9 Å². The number of fused-ring (bicyclic) bond motifs is 1. The fraction of sp³-hybridized carbons (Fsp3) is 0.375. The Balaban J connectivity index is 2.29. The van der Waals surface area contributed by atoms with E-state index in [0.717, 1.165) is 16.5 Å². The van der Waals surface area contributed by atoms with Crippen LogP contribution in [-0.2, 0) is 11.3 Å². The maximum absolute atomic E-state index is 12.0. The lowest BCUT2D eigenvalue weighted by Gasteiger charge is -2.19. The van der Waals surface area contributed by atoms with Gasteiger partial charge in [-0.25, -0.2) is 0 Å². The molecular formula is C16H20N2O2. The molecule has 0 radical (unpaired) electrons. The van der Waals surface area contributed by atoms with E-state index in [1.54, 1.807) is 18.0 Å². The van der Waals surface area contributed by atoms with E-state index >= 15 is 0 Å². The Morgan fingerprint density at radius 2 is 2.00 bits per heavy atom. The molecular weight excluding hydrogens is 252 g/mol. The van der Waals surface area contributed by atoms with Gasteiger partial charge in [0.2, 0.25) is 11.5 Å². The molecule has 0 fully saturated rings. The maximum Gasteiger partial charge on any atom is 0.248 e. The highest BCUT2D eigenvalue weighted by Gasteiger charge is 2.13. The summed E-state index contributed by atoms with van der Waals surface area (Å²) in [4.78, 5) is 28.2. The molecule has 0 unspecified atom stereocenters. The minimum atomic E-state index is -0.136. The van der Waals surface area contributed by atoms with Crippen LogP contribution in [0, 0.1) is 5.92 Å². The predicted molar refractivity (Wildman–Crippen MR) is 80.5 cm³/mol. The maximum atomic E-state index is 12.0. The van der Waals surface area contributed by atoms with E-state index in [2.05, 4.69) is 4.98 Å². The molecule has 1 aromatic heterocycles. The van der Waals surface area contributed by atoms with Gasteiger partial charge in [0.15, 0.2) is 0 Å². The molecule has 4 heteroatoms. The normalized spacial score (nSPS) is 11.0. The van der Waals surface area contributed by atoms with E-state index in [4.69, 9.17) is 0 Å². The molecule has 106 valence electrons. The molecule has 0 aliphatic heterocycles. The summed E-state index contributed by atoms with van der Waals surface area (Å²) in [6, 6.07) is 9.22. The third kappa shape index (κ3) is 3.26. The lowest BCUT2D eigenvalue weighted by Crippen LogP contribution is -2.27. The van der Waals surface area contributed by atoms with Crippen molar-refractivity contribution in [1.29, 1.82) is 0 Å². The number of aromatic amines is 1. The number of amides is 1. The summed E-state index contributed by atoms with van der Waals surface area (Å²) >= 11 is 0. The molecule has 0 bridgehead atoms. The quantitative estimate of drug-likeness (QED) is 0.930. The van der Waals surface area contributed by atoms with Gasteiger partial charge in [0.05, 0.1) is 0 Å². The predicted octanol–water partition coefficient (Wildman–Crippen LogP) is 2.53. The van der Waals surface area contributed by atoms with Crippen LogP contribution in [0.25, 0.3) is 10.9 Å². The van der Waals surface area contributed by atoms with E-state index < -0.39 is 0 Å². The van der Waals surface area contributed by atoms with Crippen molar-refractivity contribution in [2.24, 2.45) is 5.92 Å². The summed E-state index contributed by atoms with van der Waals surface area (Å²) in [6.07, 6.45) is 0.525. The largest absolute Gasteiger partial charge is 0.341 e. The number of carbonyl (C=O) groups is 1. The molecule has 0 saturated heterocycles. The number of H-pyrrole nitrogens is 1. The first-order valence-corrected chi connectivity index (χ1v) is 6.82. The highest BCUT2D eigenvalue weighted by molar-refractivity contribution is 5.82. The zero-order chi connectivity index (χ0) is 14.7. The van der Waals surface area contributed by atoms with Crippen molar-refractivity contribution < 1.29 is 4.79 Å². The SMILES string of the molecule is CC(C)CC(=O)N(C)Cc1cc(=O)[nH]c2ccccc12. The fourth-order valence-electron chi connectivity index (χ4n) is 2.26. The first-order valence-electron chi connectivity index (χ1n) is 6.82. The number of carbonyl (C=O) groups excluding carboxylic acids is 1. The highest BCUT2D eigenvalue weighted by atomic mass is 16.2. The summed E-state index contributed by atoms with van der Waals surface area (Å²) in [6.45, 7) is 4.50. The van der Waals surface area contributed by atoms with E-state index in [1.807, 2.05) is 38.1 Å². The summed E-state index contributed by atoms with van der Waals surface area (Å²) in [5.74, 6) is 0.435. The van der Waals surface area contributed by atoms with Crippen LogP contribution in [0.4, 0.5) is 0 Å². The Labute approximate surface area is 118 Å². The van der Waals surface area contributed by atoms with Crippen LogP contribution < -0.4 is 5.56 Å². The first kappa shape index (κ1) is 14.3. The molecule has 1 N–H and O–H groups in total. The molecule has 2 aromatic rings. The van der Waals surface area contributed by atoms with Gasteiger partial charge >= 0.3 is 0 Å². The number of hydrogen-bond acceptors (Lipinski definition) is 2. The second-order valence-corrected chi connectivity index (χ2v) is 5.55. The fourth-order valence-corrected chi connectivity index (χ4v) is 2.26. The van der Waals surface area contributed by atoms with Crippen molar-refractivity contribution in [2.75, 3.05) is 7.05 Å². The average molecular weight is 272 g/mol. The van der Waals surface area contributed by atoms with Crippen molar-refractivity contribution in [1.82, 2.24) is 9.88 Å². The number of nitrogens with zero attached hydrogens (tertiary/aromatic N) is 1. The van der Waals surface area contributed by atoms with Gasteiger partial charge in [-0.2, -0.15) is 0 Å². The van der Waals surface area contributed by atoms with Crippen LogP contribution in [0.5, 0.6) is 0 Å². The van der Waals surface area contributed by atoms with Gasteiger partial charge in [0.1, 0.15) is 0 Å². The molecule has 0 aliphatic rings. The molecule has 0 aliphatic carbocycles. The summed E-state index contributed by atoms with van der Waals surface area (Å²) in [5, 5.41) is 0.983. The number of nitrogens with one attached hydrogen (secondary N) is 1. The molecule has 0 saturated carbocycles. The van der Waals surface area contributed by atoms with Gasteiger partial charge in [-0.3, -0.25) is 9.59 Å². The molecule has 1 heterocycles. The Morgan fingerprint density at radius 1 is 1.30 bits per heavy atom. The second kappa shape index (κ2) is 5.90. The number of benzene rings is 1. The highest BCUT2D eigenvalue weighted by Crippen LogP contribution is 2.16. The van der Waals surface area contributed by atoms with E-state index in [9.17, 15) is 9.59 Å². The molecule has 1 amide bonds. The molecule has 0 atom stereocenters. The Morgan fingerprint density at radius 3 is 2.70 bits per heavy atom. The molecule has 0 spiro atoms. The number of para-hydroxylation sites is 1. The van der Waals surface area contributed by atoms with Crippen molar-refractivity contribution in [2.45, 2.75) is 26.8 Å². The lowest BCUT2D eigenvalue weighted by molar-refractivity contribution is -0.131. The van der Waals surface area contributed by atoms with E-state index in [-0.39, 0.29) is 11.5 Å². The van der Waals surface area contributed by atoms with Gasteiger partial charge in [0.25, 0.3) is 0 Å². The van der Waals surface area contributed by atoms with Crippen LogP contribution in [-0.4, -0.2) is 22.8 Å². The topological polar surface area (TPSA) is 53.2 Å². The summed E-state index contributed by atoms with van der Waals surface area (Å²) in [5.41, 5.74) is 1.55. The summed E-state index contributed by atoms with van der Waals surface area (Å²) < 4.78 is 0. The first-order chi connectivity index (χ1) is 9.47. The van der Waals surface area contributed by atoms with Crippen molar-refractivity contribution in [3.63, 3.8) is 0 Å². The van der Waals surface area contributed by atoms with Gasteiger partial charge in [-0.1, -0.05) is 32.0 Å². The van der Waals surface area contributed by atoms with Crippen LogP contribution in [0.15, 0.2) is 35.1 Å². The minimum absolute atomic E-state index is 0.101. The Kier molecular flexibility index (Phi) is 4.23. The molecule has 4 nitrogen and oxygen atoms in total. The van der Waals surface area contributed by atoms with Crippen LogP contribution >= 0.6 is 0 Å². The van der Waals surface area contributed by atoms with Crippen LogP contribution in [0.2, 0.25) is 0 Å². The van der Waals surface area contributed by atoms with Crippen LogP contribution in [0.3, 0.4) is 0 Å². The standard InChI is InChI=1S/C16H20N2O2/c1-11(2)8-16(20)18(3)10-12-9-15(19)17-14-7-5-4-6-13(12)14/h4-7,9,11H,8,10H2,1-3H3,(H,17,19). The molecule has 2 rings (SSSR count). The van der Waals surface area contributed by atoms with Gasteiger partial charge in [-0.05, 0) is 17.5 Å². The average Bonchev–Trinajstić information content (AvgIpc) is 2.37. The third-order valence-electron chi connectivity index (χ3n) is 3.25. The smallest absolute Gasteiger partial charge is 0.248 e. The second-order valence-electron chi connectivity index (χ2n) is 5.55. The van der Waals surface area contributed by atoms with Gasteiger partial charge in [-0.15, -0.1) is 0 Å². The third-order valence-corrected chi connectivity index (χ3v) is 3.25. The molecule has 1 aromatic carbocycles. The van der Waals surface area contributed by atoms with Crippen molar-refractivity contribution in [3.05, 3.63) is 46.2 Å². The zero-order valence-corrected chi connectivity index (χ0v) is 12.1. The number of rotatable bonds is 4. The van der Waals surface area contributed by atoms with E-state index in [1.165, 1.54) is 0 Å². The van der Waals surface area contributed by atoms with Gasteiger partial charge < -0.3 is 9.88 Å².